The van der Waals surface area contributed by atoms with E-state index in [4.69, 9.17) is 5.11 Å². The van der Waals surface area contributed by atoms with Crippen molar-refractivity contribution >= 4 is 5.97 Å². The van der Waals surface area contributed by atoms with Crippen LogP contribution in [0.2, 0.25) is 0 Å². The monoisotopic (exact) mass is 197 g/mol. The number of hydrogen-bond acceptors (Lipinski definition) is 2. The molecule has 0 amide bonds. The lowest BCUT2D eigenvalue weighted by molar-refractivity contribution is -0.136. The molecule has 0 radical (unpaired) electrons. The molecule has 4 heteroatoms. The molecule has 0 saturated carbocycles. The van der Waals surface area contributed by atoms with Crippen LogP contribution in [0.1, 0.15) is 18.5 Å². The lowest BCUT2D eigenvalue weighted by atomic mass is 10.1. The third-order valence-electron chi connectivity index (χ3n) is 1.91. The summed E-state index contributed by atoms with van der Waals surface area (Å²) in [5, 5.41) is 11.2. The van der Waals surface area contributed by atoms with E-state index in [1.165, 1.54) is 12.1 Å². The summed E-state index contributed by atoms with van der Waals surface area (Å²) in [7, 11) is 0. The Kier molecular flexibility index (Phi) is 3.59. The van der Waals surface area contributed by atoms with Crippen molar-refractivity contribution in [3.05, 3.63) is 35.6 Å². The summed E-state index contributed by atoms with van der Waals surface area (Å²) in [4.78, 5) is 10.3. The van der Waals surface area contributed by atoms with E-state index in [-0.39, 0.29) is 18.4 Å². The predicted octanol–water partition coefficient (Wildman–Crippen LogP) is 1.56. The Morgan fingerprint density at radius 3 is 2.93 bits per heavy atom. The highest BCUT2D eigenvalue weighted by Gasteiger charge is 2.06. The Labute approximate surface area is 81.6 Å². The number of carboxylic acids is 1. The minimum Gasteiger partial charge on any atom is -0.480 e. The van der Waals surface area contributed by atoms with Crippen molar-refractivity contribution in [3.63, 3.8) is 0 Å². The maximum Gasteiger partial charge on any atom is 0.317 e. The first-order chi connectivity index (χ1) is 6.59. The number of hydrogen-bond donors (Lipinski definition) is 2. The number of benzene rings is 1. The molecule has 0 spiro atoms. The van der Waals surface area contributed by atoms with E-state index in [0.29, 0.717) is 0 Å². The van der Waals surface area contributed by atoms with Crippen molar-refractivity contribution in [2.24, 2.45) is 0 Å². The zero-order valence-electron chi connectivity index (χ0n) is 7.83. The molecular weight excluding hydrogens is 185 g/mol. The Balaban J connectivity index is 2.60. The number of halogens is 1. The van der Waals surface area contributed by atoms with Crippen molar-refractivity contribution in [2.75, 3.05) is 6.54 Å². The fourth-order valence-electron chi connectivity index (χ4n) is 1.13. The summed E-state index contributed by atoms with van der Waals surface area (Å²) in [5.41, 5.74) is 0.742. The van der Waals surface area contributed by atoms with Crippen LogP contribution >= 0.6 is 0 Å². The minimum atomic E-state index is -0.923. The molecule has 1 atom stereocenters. The molecule has 2 N–H and O–H groups in total. The number of rotatable bonds is 4. The molecule has 3 nitrogen and oxygen atoms in total. The van der Waals surface area contributed by atoms with Gasteiger partial charge in [0, 0.05) is 6.04 Å². The van der Waals surface area contributed by atoms with Crippen molar-refractivity contribution in [2.45, 2.75) is 13.0 Å². The van der Waals surface area contributed by atoms with Crippen LogP contribution in [0.4, 0.5) is 4.39 Å². The van der Waals surface area contributed by atoms with Gasteiger partial charge in [0.25, 0.3) is 0 Å². The number of carboxylic acid groups (broad SMARTS) is 1. The molecule has 0 heterocycles. The van der Waals surface area contributed by atoms with E-state index < -0.39 is 5.97 Å². The average Bonchev–Trinajstić information content (AvgIpc) is 2.14. The molecular formula is C10H12FNO2. The SMILES string of the molecule is C[C@@H](NCC(=O)O)c1cccc(F)c1. The standard InChI is InChI=1S/C10H12FNO2/c1-7(12-6-10(13)14)8-3-2-4-9(11)5-8/h2-5,7,12H,6H2,1H3,(H,13,14)/t7-/m1/s1. The van der Waals surface area contributed by atoms with Gasteiger partial charge in [-0.2, -0.15) is 0 Å². The summed E-state index contributed by atoms with van der Waals surface area (Å²) < 4.78 is 12.8. The van der Waals surface area contributed by atoms with Crippen molar-refractivity contribution < 1.29 is 14.3 Å². The predicted molar refractivity (Wildman–Crippen MR) is 50.5 cm³/mol. The fraction of sp³-hybridized carbons (Fsp3) is 0.300. The molecule has 0 bridgehead atoms. The first-order valence-electron chi connectivity index (χ1n) is 4.30. The fourth-order valence-corrected chi connectivity index (χ4v) is 1.13. The summed E-state index contributed by atoms with van der Waals surface area (Å²) in [6, 6.07) is 5.93. The largest absolute Gasteiger partial charge is 0.480 e. The molecule has 76 valence electrons. The Morgan fingerprint density at radius 1 is 1.64 bits per heavy atom. The molecule has 0 aliphatic heterocycles. The average molecular weight is 197 g/mol. The molecule has 1 aromatic rings. The van der Waals surface area contributed by atoms with Crippen LogP contribution in [0.25, 0.3) is 0 Å². The van der Waals surface area contributed by atoms with Crippen LogP contribution in [0, 0.1) is 5.82 Å². The number of carbonyl (C=O) groups is 1. The maximum atomic E-state index is 12.8. The number of aliphatic carboxylic acids is 1. The summed E-state index contributed by atoms with van der Waals surface area (Å²) >= 11 is 0. The van der Waals surface area contributed by atoms with Crippen LogP contribution in [0.15, 0.2) is 24.3 Å². The Morgan fingerprint density at radius 2 is 2.36 bits per heavy atom. The van der Waals surface area contributed by atoms with Crippen LogP contribution in [0.3, 0.4) is 0 Å². The summed E-state index contributed by atoms with van der Waals surface area (Å²) in [6.07, 6.45) is 0. The Hall–Kier alpha value is -1.42. The third kappa shape index (κ3) is 3.14. The Bertz CT molecular complexity index is 328. The topological polar surface area (TPSA) is 49.3 Å². The highest BCUT2D eigenvalue weighted by Crippen LogP contribution is 2.12. The lowest BCUT2D eigenvalue weighted by Crippen LogP contribution is -2.25. The van der Waals surface area contributed by atoms with E-state index in [0.717, 1.165) is 5.56 Å². The van der Waals surface area contributed by atoms with Gasteiger partial charge in [-0.3, -0.25) is 4.79 Å². The molecule has 0 unspecified atom stereocenters. The first-order valence-corrected chi connectivity index (χ1v) is 4.30. The van der Waals surface area contributed by atoms with Crippen LogP contribution in [-0.2, 0) is 4.79 Å². The van der Waals surface area contributed by atoms with Crippen molar-refractivity contribution in [1.29, 1.82) is 0 Å². The van der Waals surface area contributed by atoms with Crippen LogP contribution in [0.5, 0.6) is 0 Å². The second-order valence-corrected chi connectivity index (χ2v) is 3.05. The molecule has 1 rings (SSSR count). The molecule has 0 aliphatic carbocycles. The van der Waals surface area contributed by atoms with Gasteiger partial charge < -0.3 is 10.4 Å². The first kappa shape index (κ1) is 10.7. The molecule has 0 aromatic heterocycles. The normalized spacial score (nSPS) is 12.4. The van der Waals surface area contributed by atoms with E-state index in [2.05, 4.69) is 5.32 Å². The van der Waals surface area contributed by atoms with Crippen molar-refractivity contribution in [1.82, 2.24) is 5.32 Å². The van der Waals surface area contributed by atoms with Crippen LogP contribution < -0.4 is 5.32 Å². The van der Waals surface area contributed by atoms with Gasteiger partial charge in [0.1, 0.15) is 5.82 Å². The van der Waals surface area contributed by atoms with Gasteiger partial charge >= 0.3 is 5.97 Å². The van der Waals surface area contributed by atoms with E-state index >= 15 is 0 Å². The van der Waals surface area contributed by atoms with E-state index in [9.17, 15) is 9.18 Å². The highest BCUT2D eigenvalue weighted by atomic mass is 19.1. The van der Waals surface area contributed by atoms with Gasteiger partial charge in [0.2, 0.25) is 0 Å². The van der Waals surface area contributed by atoms with Gasteiger partial charge in [-0.1, -0.05) is 12.1 Å². The van der Waals surface area contributed by atoms with Gasteiger partial charge in [0.05, 0.1) is 6.54 Å². The van der Waals surface area contributed by atoms with Gasteiger partial charge in [0.15, 0.2) is 0 Å². The minimum absolute atomic E-state index is 0.127. The van der Waals surface area contributed by atoms with E-state index in [1.807, 2.05) is 0 Å². The van der Waals surface area contributed by atoms with Gasteiger partial charge in [-0.15, -0.1) is 0 Å². The smallest absolute Gasteiger partial charge is 0.317 e. The van der Waals surface area contributed by atoms with Gasteiger partial charge in [-0.25, -0.2) is 4.39 Å². The number of nitrogens with one attached hydrogen (secondary N) is 1. The summed E-state index contributed by atoms with van der Waals surface area (Å²) in [5.74, 6) is -1.24. The lowest BCUT2D eigenvalue weighted by Gasteiger charge is -2.12. The quantitative estimate of drug-likeness (QED) is 0.770. The third-order valence-corrected chi connectivity index (χ3v) is 1.91. The molecule has 0 aliphatic rings. The van der Waals surface area contributed by atoms with Crippen molar-refractivity contribution in [3.8, 4) is 0 Å². The second-order valence-electron chi connectivity index (χ2n) is 3.05. The second kappa shape index (κ2) is 4.72. The maximum absolute atomic E-state index is 12.8. The zero-order valence-corrected chi connectivity index (χ0v) is 7.83. The highest BCUT2D eigenvalue weighted by molar-refractivity contribution is 5.69. The van der Waals surface area contributed by atoms with Crippen LogP contribution in [-0.4, -0.2) is 17.6 Å². The molecule has 1 aromatic carbocycles. The molecule has 0 fully saturated rings. The van der Waals surface area contributed by atoms with Gasteiger partial charge in [-0.05, 0) is 24.6 Å². The molecule has 14 heavy (non-hydrogen) atoms. The zero-order chi connectivity index (χ0) is 10.6. The van der Waals surface area contributed by atoms with E-state index in [1.54, 1.807) is 19.1 Å². The summed E-state index contributed by atoms with van der Waals surface area (Å²) in [6.45, 7) is 1.66. The molecule has 0 saturated heterocycles.